The lowest BCUT2D eigenvalue weighted by Gasteiger charge is -2.18. The van der Waals surface area contributed by atoms with Crippen molar-refractivity contribution in [3.63, 3.8) is 0 Å². The molecule has 1 saturated heterocycles. The minimum Gasteiger partial charge on any atom is -0.376 e. The molecule has 1 fully saturated rings. The first kappa shape index (κ1) is 15.1. The third-order valence-electron chi connectivity index (χ3n) is 4.54. The Labute approximate surface area is 141 Å². The van der Waals surface area contributed by atoms with E-state index in [-0.39, 0.29) is 0 Å². The fourth-order valence-electron chi connectivity index (χ4n) is 3.35. The zero-order valence-electron chi connectivity index (χ0n) is 13.9. The molecule has 3 aromatic rings. The normalized spacial score (nSPS) is 17.7. The second-order valence-electron chi connectivity index (χ2n) is 6.47. The van der Waals surface area contributed by atoms with Crippen molar-refractivity contribution in [1.29, 1.82) is 0 Å². The van der Waals surface area contributed by atoms with Crippen molar-refractivity contribution in [2.24, 2.45) is 5.92 Å². The Kier molecular flexibility index (Phi) is 4.17. The van der Waals surface area contributed by atoms with Gasteiger partial charge in [0.05, 0.1) is 18.9 Å². The van der Waals surface area contributed by atoms with Gasteiger partial charge in [0.25, 0.3) is 0 Å². The molecular weight excluding hydrogens is 300 g/mol. The highest BCUT2D eigenvalue weighted by molar-refractivity contribution is 5.69. The third-order valence-corrected chi connectivity index (χ3v) is 4.54. The first-order valence-corrected chi connectivity index (χ1v) is 8.47. The van der Waals surface area contributed by atoms with Gasteiger partial charge >= 0.3 is 0 Å². The number of anilines is 1. The Morgan fingerprint density at radius 2 is 2.12 bits per heavy atom. The van der Waals surface area contributed by atoms with E-state index in [0.717, 1.165) is 43.1 Å². The summed E-state index contributed by atoms with van der Waals surface area (Å²) in [5.41, 5.74) is 3.33. The van der Waals surface area contributed by atoms with Crippen molar-refractivity contribution in [2.75, 3.05) is 24.6 Å². The molecule has 1 aromatic carbocycles. The van der Waals surface area contributed by atoms with Crippen molar-refractivity contribution in [3.05, 3.63) is 60.0 Å². The van der Waals surface area contributed by atoms with Gasteiger partial charge in [0, 0.05) is 31.4 Å². The predicted octanol–water partition coefficient (Wildman–Crippen LogP) is 3.08. The summed E-state index contributed by atoms with van der Waals surface area (Å²) in [5.74, 6) is 1.59. The smallest absolute Gasteiger partial charge is 0.154 e. The number of benzene rings is 1. The monoisotopic (exact) mass is 322 g/mol. The number of fused-ring (bicyclic) bond motifs is 1. The Morgan fingerprint density at radius 3 is 3.00 bits per heavy atom. The molecule has 1 aliphatic rings. The van der Waals surface area contributed by atoms with Crippen LogP contribution in [0.4, 0.5) is 5.82 Å². The average Bonchev–Trinajstić information content (AvgIpc) is 3.21. The third kappa shape index (κ3) is 3.12. The van der Waals surface area contributed by atoms with E-state index in [0.29, 0.717) is 12.5 Å². The molecule has 0 spiro atoms. The molecule has 1 unspecified atom stereocenters. The van der Waals surface area contributed by atoms with Gasteiger partial charge in [-0.2, -0.15) is 5.10 Å². The average molecular weight is 322 g/mol. The summed E-state index contributed by atoms with van der Waals surface area (Å²) in [4.78, 5) is 6.94. The van der Waals surface area contributed by atoms with Crippen LogP contribution in [0.15, 0.2) is 48.8 Å². The summed E-state index contributed by atoms with van der Waals surface area (Å²) in [5, 5.41) is 4.47. The van der Waals surface area contributed by atoms with Gasteiger partial charge in [0.2, 0.25) is 0 Å². The summed E-state index contributed by atoms with van der Waals surface area (Å²) >= 11 is 0. The quantitative estimate of drug-likeness (QED) is 0.724. The molecule has 0 N–H and O–H groups in total. The molecule has 5 nitrogen and oxygen atoms in total. The molecular formula is C19H22N4O. The number of ether oxygens (including phenoxy) is 1. The summed E-state index contributed by atoms with van der Waals surface area (Å²) in [6.45, 7) is 5.52. The van der Waals surface area contributed by atoms with Crippen LogP contribution >= 0.6 is 0 Å². The molecule has 0 amide bonds. The van der Waals surface area contributed by atoms with Crippen LogP contribution in [0.25, 0.3) is 5.52 Å². The van der Waals surface area contributed by atoms with Crippen LogP contribution in [0.2, 0.25) is 0 Å². The van der Waals surface area contributed by atoms with E-state index < -0.39 is 0 Å². The highest BCUT2D eigenvalue weighted by atomic mass is 16.5. The molecule has 0 saturated carbocycles. The van der Waals surface area contributed by atoms with Gasteiger partial charge < -0.3 is 9.64 Å². The van der Waals surface area contributed by atoms with E-state index in [4.69, 9.17) is 4.74 Å². The molecule has 124 valence electrons. The van der Waals surface area contributed by atoms with Crippen molar-refractivity contribution in [1.82, 2.24) is 14.6 Å². The lowest BCUT2D eigenvalue weighted by atomic mass is 10.1. The van der Waals surface area contributed by atoms with E-state index in [9.17, 15) is 0 Å². The molecule has 5 heteroatoms. The number of rotatable bonds is 5. The molecule has 0 aliphatic carbocycles. The van der Waals surface area contributed by atoms with Crippen LogP contribution in [0.5, 0.6) is 0 Å². The van der Waals surface area contributed by atoms with Crippen LogP contribution in [-0.4, -0.2) is 34.3 Å². The Hall–Kier alpha value is -2.40. The minimum absolute atomic E-state index is 0.555. The fraction of sp³-hybridized carbons (Fsp3) is 0.368. The summed E-state index contributed by atoms with van der Waals surface area (Å²) < 4.78 is 7.83. The topological polar surface area (TPSA) is 42.7 Å². The Balaban J connectivity index is 1.37. The van der Waals surface area contributed by atoms with Gasteiger partial charge in [-0.05, 0) is 25.0 Å². The summed E-state index contributed by atoms with van der Waals surface area (Å²) in [7, 11) is 0. The highest BCUT2D eigenvalue weighted by Gasteiger charge is 2.25. The van der Waals surface area contributed by atoms with E-state index in [2.05, 4.69) is 45.3 Å². The van der Waals surface area contributed by atoms with Gasteiger partial charge in [-0.15, -0.1) is 0 Å². The van der Waals surface area contributed by atoms with Gasteiger partial charge in [0.15, 0.2) is 5.82 Å². The van der Waals surface area contributed by atoms with Crippen molar-refractivity contribution >= 4 is 11.3 Å². The van der Waals surface area contributed by atoms with E-state index >= 15 is 0 Å². The number of aryl methyl sites for hydroxylation is 1. The van der Waals surface area contributed by atoms with Crippen molar-refractivity contribution in [2.45, 2.75) is 20.0 Å². The minimum atomic E-state index is 0.555. The first-order chi connectivity index (χ1) is 11.8. The predicted molar refractivity (Wildman–Crippen MR) is 94.1 cm³/mol. The maximum Gasteiger partial charge on any atom is 0.154 e. The molecule has 1 aliphatic heterocycles. The Morgan fingerprint density at radius 1 is 1.25 bits per heavy atom. The van der Waals surface area contributed by atoms with Gasteiger partial charge in [-0.3, -0.25) is 0 Å². The van der Waals surface area contributed by atoms with Crippen LogP contribution in [0.3, 0.4) is 0 Å². The lowest BCUT2D eigenvalue weighted by molar-refractivity contribution is 0.0929. The maximum absolute atomic E-state index is 5.91. The molecule has 4 rings (SSSR count). The molecule has 2 aromatic heterocycles. The van der Waals surface area contributed by atoms with Gasteiger partial charge in [-0.25, -0.2) is 9.50 Å². The molecule has 0 radical (unpaired) electrons. The SMILES string of the molecule is Cc1cc2c(N3CCC(COCc4ccccc4)C3)nccn2n1. The van der Waals surface area contributed by atoms with E-state index in [1.54, 1.807) is 0 Å². The first-order valence-electron chi connectivity index (χ1n) is 8.47. The second-order valence-corrected chi connectivity index (χ2v) is 6.47. The molecule has 24 heavy (non-hydrogen) atoms. The zero-order chi connectivity index (χ0) is 16.4. The van der Waals surface area contributed by atoms with Crippen LogP contribution in [0.1, 0.15) is 17.7 Å². The summed E-state index contributed by atoms with van der Waals surface area (Å²) in [6, 6.07) is 12.4. The maximum atomic E-state index is 5.91. The van der Waals surface area contributed by atoms with Crippen molar-refractivity contribution in [3.8, 4) is 0 Å². The van der Waals surface area contributed by atoms with Gasteiger partial charge in [0.1, 0.15) is 5.52 Å². The van der Waals surface area contributed by atoms with E-state index in [1.165, 1.54) is 5.56 Å². The number of hydrogen-bond donors (Lipinski definition) is 0. The lowest BCUT2D eigenvalue weighted by Crippen LogP contribution is -2.22. The number of aromatic nitrogens is 3. The molecule has 1 atom stereocenters. The number of nitrogens with zero attached hydrogens (tertiary/aromatic N) is 4. The van der Waals surface area contributed by atoms with Crippen LogP contribution < -0.4 is 4.90 Å². The fourth-order valence-corrected chi connectivity index (χ4v) is 3.35. The largest absolute Gasteiger partial charge is 0.376 e. The second kappa shape index (κ2) is 6.61. The summed E-state index contributed by atoms with van der Waals surface area (Å²) in [6.07, 6.45) is 4.88. The Bertz CT molecular complexity index is 815. The van der Waals surface area contributed by atoms with Gasteiger partial charge in [-0.1, -0.05) is 30.3 Å². The van der Waals surface area contributed by atoms with Crippen LogP contribution in [-0.2, 0) is 11.3 Å². The van der Waals surface area contributed by atoms with Crippen molar-refractivity contribution < 1.29 is 4.74 Å². The van der Waals surface area contributed by atoms with Crippen LogP contribution in [0, 0.1) is 12.8 Å². The standard InChI is InChI=1S/C19H22N4O/c1-15-11-18-19(20-8-10-23(18)21-15)22-9-7-17(12-22)14-24-13-16-5-3-2-4-6-16/h2-6,8,10-11,17H,7,9,12-14H2,1H3. The molecule has 3 heterocycles. The zero-order valence-corrected chi connectivity index (χ0v) is 13.9. The molecule has 0 bridgehead atoms. The van der Waals surface area contributed by atoms with E-state index in [1.807, 2.05) is 29.9 Å². The highest BCUT2D eigenvalue weighted by Crippen LogP contribution is 2.26. The number of hydrogen-bond acceptors (Lipinski definition) is 4.